The smallest absolute Gasteiger partial charge is 0.409 e. The van der Waals surface area contributed by atoms with Crippen LogP contribution in [-0.4, -0.2) is 55.2 Å². The summed E-state index contributed by atoms with van der Waals surface area (Å²) in [6.07, 6.45) is 1.36. The second-order valence-electron chi connectivity index (χ2n) is 7.82. The van der Waals surface area contributed by atoms with Gasteiger partial charge in [0.25, 0.3) is 5.91 Å². The highest BCUT2D eigenvalue weighted by Gasteiger charge is 2.24. The summed E-state index contributed by atoms with van der Waals surface area (Å²) in [5.74, 6) is 0.504. The molecule has 8 nitrogen and oxygen atoms in total. The van der Waals surface area contributed by atoms with Crippen LogP contribution in [-0.2, 0) is 16.1 Å². The van der Waals surface area contributed by atoms with Crippen LogP contribution in [0.3, 0.4) is 0 Å². The van der Waals surface area contributed by atoms with Gasteiger partial charge in [-0.3, -0.25) is 9.59 Å². The largest absolute Gasteiger partial charge is 0.493 e. The Kier molecular flexibility index (Phi) is 9.11. The number of ether oxygens (including phenoxy) is 2. The van der Waals surface area contributed by atoms with Gasteiger partial charge < -0.3 is 25.0 Å². The van der Waals surface area contributed by atoms with E-state index in [0.717, 1.165) is 11.3 Å². The first-order valence-corrected chi connectivity index (χ1v) is 11.3. The van der Waals surface area contributed by atoms with Gasteiger partial charge in [0.15, 0.2) is 0 Å². The van der Waals surface area contributed by atoms with Crippen molar-refractivity contribution in [3.63, 3.8) is 0 Å². The molecule has 0 saturated carbocycles. The minimum Gasteiger partial charge on any atom is -0.493 e. The molecule has 0 bridgehead atoms. The molecule has 1 heterocycles. The van der Waals surface area contributed by atoms with E-state index >= 15 is 0 Å². The maximum Gasteiger partial charge on any atom is 0.409 e. The molecule has 1 aliphatic rings. The molecule has 1 aliphatic heterocycles. The molecule has 0 aromatic heterocycles. The zero-order chi connectivity index (χ0) is 23.5. The molecule has 2 aromatic rings. The highest BCUT2D eigenvalue weighted by Crippen LogP contribution is 2.13. The molecule has 3 amide bonds. The number of piperidine rings is 1. The molecule has 0 radical (unpaired) electrons. The van der Waals surface area contributed by atoms with Gasteiger partial charge in [-0.15, -0.1) is 0 Å². The van der Waals surface area contributed by atoms with Gasteiger partial charge >= 0.3 is 6.09 Å². The zero-order valence-electron chi connectivity index (χ0n) is 18.9. The molecular weight excluding hydrogens is 422 g/mol. The van der Waals surface area contributed by atoms with Crippen LogP contribution in [0.2, 0.25) is 0 Å². The van der Waals surface area contributed by atoms with Crippen LogP contribution < -0.4 is 15.4 Å². The third-order valence-electron chi connectivity index (χ3n) is 5.40. The maximum absolute atomic E-state index is 12.5. The van der Waals surface area contributed by atoms with E-state index in [1.807, 2.05) is 42.5 Å². The normalized spacial score (nSPS) is 13.8. The Bertz CT molecular complexity index is 909. The van der Waals surface area contributed by atoms with Crippen LogP contribution in [0.25, 0.3) is 0 Å². The predicted molar refractivity (Wildman–Crippen MR) is 124 cm³/mol. The van der Waals surface area contributed by atoms with E-state index in [1.54, 1.807) is 24.0 Å². The SMILES string of the molecule is CCOC(=O)N1CCC(NC(=O)c2ccc(CNC(=O)CCOc3ccccc3)cc2)CC1. The van der Waals surface area contributed by atoms with Gasteiger partial charge in [-0.1, -0.05) is 30.3 Å². The van der Waals surface area contributed by atoms with Crippen LogP contribution in [0.15, 0.2) is 54.6 Å². The van der Waals surface area contributed by atoms with Crippen LogP contribution in [0, 0.1) is 0 Å². The Morgan fingerprint density at radius 2 is 1.70 bits per heavy atom. The summed E-state index contributed by atoms with van der Waals surface area (Å²) in [6.45, 7) is 3.98. The molecule has 33 heavy (non-hydrogen) atoms. The Balaban J connectivity index is 1.36. The van der Waals surface area contributed by atoms with Crippen molar-refractivity contribution in [1.29, 1.82) is 0 Å². The standard InChI is InChI=1S/C25H31N3O5/c1-2-32-25(31)28-15-12-21(13-16-28)27-24(30)20-10-8-19(9-11-20)18-26-23(29)14-17-33-22-6-4-3-5-7-22/h3-11,21H,2,12-18H2,1H3,(H,26,29)(H,27,30). The van der Waals surface area contributed by atoms with Gasteiger partial charge in [-0.05, 0) is 49.6 Å². The summed E-state index contributed by atoms with van der Waals surface area (Å²) in [7, 11) is 0. The van der Waals surface area contributed by atoms with Crippen molar-refractivity contribution < 1.29 is 23.9 Å². The van der Waals surface area contributed by atoms with Crippen molar-refractivity contribution in [2.75, 3.05) is 26.3 Å². The minimum absolute atomic E-state index is 0.0280. The van der Waals surface area contributed by atoms with Gasteiger partial charge in [0.05, 0.1) is 19.6 Å². The molecule has 8 heteroatoms. The van der Waals surface area contributed by atoms with E-state index in [0.29, 0.717) is 51.3 Å². The fourth-order valence-electron chi connectivity index (χ4n) is 3.53. The second kappa shape index (κ2) is 12.5. The van der Waals surface area contributed by atoms with Crippen LogP contribution in [0.5, 0.6) is 5.75 Å². The molecule has 2 N–H and O–H groups in total. The quantitative estimate of drug-likeness (QED) is 0.608. The highest BCUT2D eigenvalue weighted by molar-refractivity contribution is 5.94. The van der Waals surface area contributed by atoms with E-state index in [1.165, 1.54) is 0 Å². The van der Waals surface area contributed by atoms with Crippen LogP contribution in [0.4, 0.5) is 4.79 Å². The lowest BCUT2D eigenvalue weighted by Crippen LogP contribution is -2.46. The number of para-hydroxylation sites is 1. The number of nitrogens with one attached hydrogen (secondary N) is 2. The minimum atomic E-state index is -0.298. The number of amides is 3. The zero-order valence-corrected chi connectivity index (χ0v) is 18.9. The van der Waals surface area contributed by atoms with Crippen molar-refractivity contribution in [3.8, 4) is 5.75 Å². The van der Waals surface area contributed by atoms with E-state index in [4.69, 9.17) is 9.47 Å². The summed E-state index contributed by atoms with van der Waals surface area (Å²) < 4.78 is 10.5. The van der Waals surface area contributed by atoms with Crippen molar-refractivity contribution in [3.05, 3.63) is 65.7 Å². The number of rotatable bonds is 9. The van der Waals surface area contributed by atoms with Crippen molar-refractivity contribution in [2.24, 2.45) is 0 Å². The fraction of sp³-hybridized carbons (Fsp3) is 0.400. The summed E-state index contributed by atoms with van der Waals surface area (Å²) >= 11 is 0. The molecule has 0 spiro atoms. The third kappa shape index (κ3) is 7.82. The monoisotopic (exact) mass is 453 g/mol. The summed E-state index contributed by atoms with van der Waals surface area (Å²) in [5.41, 5.74) is 1.47. The lowest BCUT2D eigenvalue weighted by Gasteiger charge is -2.31. The molecule has 176 valence electrons. The lowest BCUT2D eigenvalue weighted by atomic mass is 10.0. The molecule has 3 rings (SSSR count). The summed E-state index contributed by atoms with van der Waals surface area (Å²) in [5, 5.41) is 5.89. The maximum atomic E-state index is 12.5. The topological polar surface area (TPSA) is 97.0 Å². The van der Waals surface area contributed by atoms with Gasteiger partial charge in [0.2, 0.25) is 5.91 Å². The number of carbonyl (C=O) groups excluding carboxylic acids is 3. The van der Waals surface area contributed by atoms with Crippen molar-refractivity contribution in [1.82, 2.24) is 15.5 Å². The van der Waals surface area contributed by atoms with Gasteiger partial charge in [0, 0.05) is 31.2 Å². The number of hydrogen-bond donors (Lipinski definition) is 2. The van der Waals surface area contributed by atoms with E-state index in [2.05, 4.69) is 10.6 Å². The van der Waals surface area contributed by atoms with E-state index < -0.39 is 0 Å². The van der Waals surface area contributed by atoms with Gasteiger partial charge in [0.1, 0.15) is 5.75 Å². The van der Waals surface area contributed by atoms with Crippen molar-refractivity contribution >= 4 is 17.9 Å². The molecule has 2 aromatic carbocycles. The predicted octanol–water partition coefficient (Wildman–Crippen LogP) is 3.12. The average molecular weight is 454 g/mol. The lowest BCUT2D eigenvalue weighted by molar-refractivity contribution is -0.121. The molecular formula is C25H31N3O5. The number of likely N-dealkylation sites (tertiary alicyclic amines) is 1. The highest BCUT2D eigenvalue weighted by atomic mass is 16.6. The average Bonchev–Trinajstić information content (AvgIpc) is 2.84. The second-order valence-corrected chi connectivity index (χ2v) is 7.82. The molecule has 0 unspecified atom stereocenters. The Hall–Kier alpha value is -3.55. The number of carbonyl (C=O) groups is 3. The van der Waals surface area contributed by atoms with Gasteiger partial charge in [-0.2, -0.15) is 0 Å². The first-order valence-electron chi connectivity index (χ1n) is 11.3. The van der Waals surface area contributed by atoms with Gasteiger partial charge in [-0.25, -0.2) is 4.79 Å². The summed E-state index contributed by atoms with van der Waals surface area (Å²) in [6, 6.07) is 16.6. The Morgan fingerprint density at radius 1 is 1.00 bits per heavy atom. The Morgan fingerprint density at radius 3 is 2.36 bits per heavy atom. The first kappa shape index (κ1) is 24.1. The first-order chi connectivity index (χ1) is 16.0. The third-order valence-corrected chi connectivity index (χ3v) is 5.40. The number of nitrogens with zero attached hydrogens (tertiary/aromatic N) is 1. The van der Waals surface area contributed by atoms with E-state index in [-0.39, 0.29) is 30.4 Å². The molecule has 0 atom stereocenters. The van der Waals surface area contributed by atoms with E-state index in [9.17, 15) is 14.4 Å². The summed E-state index contributed by atoms with van der Waals surface area (Å²) in [4.78, 5) is 38.0. The number of hydrogen-bond acceptors (Lipinski definition) is 5. The van der Waals surface area contributed by atoms with Crippen LogP contribution >= 0.6 is 0 Å². The number of benzene rings is 2. The van der Waals surface area contributed by atoms with Crippen LogP contribution in [0.1, 0.15) is 42.1 Å². The molecule has 1 fully saturated rings. The fourth-order valence-corrected chi connectivity index (χ4v) is 3.53. The molecule has 1 saturated heterocycles. The van der Waals surface area contributed by atoms with Crippen molar-refractivity contribution in [2.45, 2.75) is 38.8 Å². The Labute approximate surface area is 194 Å². The molecule has 0 aliphatic carbocycles.